The van der Waals surface area contributed by atoms with Gasteiger partial charge in [0.25, 0.3) is 0 Å². The van der Waals surface area contributed by atoms with Crippen LogP contribution in [-0.4, -0.2) is 32.3 Å². The van der Waals surface area contributed by atoms with E-state index in [1.165, 1.54) is 6.42 Å². The van der Waals surface area contributed by atoms with Crippen molar-refractivity contribution in [1.82, 2.24) is 5.32 Å². The van der Waals surface area contributed by atoms with Crippen LogP contribution in [0.1, 0.15) is 12.8 Å². The second-order valence-corrected chi connectivity index (χ2v) is 3.52. The Morgan fingerprint density at radius 3 is 3.08 bits per heavy atom. The summed E-state index contributed by atoms with van der Waals surface area (Å²) in [5.41, 5.74) is 5.69. The third kappa shape index (κ3) is 3.46. The molecule has 0 amide bonds. The zero-order chi connectivity index (χ0) is 9.52. The number of ether oxygens (including phenoxy) is 1. The first-order chi connectivity index (χ1) is 6.38. The number of nitrogens with two attached hydrogens (primary N) is 1. The molecule has 0 aromatic carbocycles. The van der Waals surface area contributed by atoms with E-state index in [1.807, 2.05) is 6.08 Å². The SMILES string of the molecule is C=CCNC(CN)C1CCCOC1. The first-order valence-corrected chi connectivity index (χ1v) is 5.00. The van der Waals surface area contributed by atoms with Gasteiger partial charge in [0.2, 0.25) is 0 Å². The molecule has 1 aliphatic heterocycles. The molecule has 0 spiro atoms. The summed E-state index contributed by atoms with van der Waals surface area (Å²) in [7, 11) is 0. The van der Waals surface area contributed by atoms with Crippen molar-refractivity contribution in [3.8, 4) is 0 Å². The maximum Gasteiger partial charge on any atom is 0.0509 e. The molecule has 1 fully saturated rings. The molecule has 2 unspecified atom stereocenters. The summed E-state index contributed by atoms with van der Waals surface area (Å²) < 4.78 is 5.42. The van der Waals surface area contributed by atoms with Crippen LogP contribution >= 0.6 is 0 Å². The molecule has 0 aromatic heterocycles. The van der Waals surface area contributed by atoms with Crippen molar-refractivity contribution in [3.05, 3.63) is 12.7 Å². The summed E-state index contributed by atoms with van der Waals surface area (Å²) in [6.07, 6.45) is 4.26. The smallest absolute Gasteiger partial charge is 0.0509 e. The van der Waals surface area contributed by atoms with Gasteiger partial charge in [-0.2, -0.15) is 0 Å². The number of hydrogen-bond acceptors (Lipinski definition) is 3. The molecule has 0 aliphatic carbocycles. The van der Waals surface area contributed by atoms with E-state index < -0.39 is 0 Å². The number of rotatable bonds is 5. The van der Waals surface area contributed by atoms with Gasteiger partial charge in [-0.1, -0.05) is 6.08 Å². The van der Waals surface area contributed by atoms with Crippen molar-refractivity contribution in [2.45, 2.75) is 18.9 Å². The van der Waals surface area contributed by atoms with E-state index in [-0.39, 0.29) is 0 Å². The van der Waals surface area contributed by atoms with E-state index >= 15 is 0 Å². The summed E-state index contributed by atoms with van der Waals surface area (Å²) >= 11 is 0. The largest absolute Gasteiger partial charge is 0.381 e. The van der Waals surface area contributed by atoms with Crippen molar-refractivity contribution < 1.29 is 4.74 Å². The van der Waals surface area contributed by atoms with Crippen LogP contribution in [0.15, 0.2) is 12.7 Å². The van der Waals surface area contributed by atoms with Crippen LogP contribution in [-0.2, 0) is 4.74 Å². The maximum atomic E-state index is 5.69. The average molecular weight is 184 g/mol. The summed E-state index contributed by atoms with van der Waals surface area (Å²) in [5.74, 6) is 0.582. The van der Waals surface area contributed by atoms with Gasteiger partial charge in [0, 0.05) is 25.7 Å². The second kappa shape index (κ2) is 6.13. The highest BCUT2D eigenvalue weighted by Crippen LogP contribution is 2.16. The van der Waals surface area contributed by atoms with Crippen LogP contribution in [0.4, 0.5) is 0 Å². The van der Waals surface area contributed by atoms with Crippen molar-refractivity contribution in [2.24, 2.45) is 11.7 Å². The van der Waals surface area contributed by atoms with Crippen molar-refractivity contribution in [1.29, 1.82) is 0 Å². The molecule has 1 saturated heterocycles. The average Bonchev–Trinajstić information content (AvgIpc) is 2.21. The van der Waals surface area contributed by atoms with Gasteiger partial charge in [-0.05, 0) is 18.8 Å². The fraction of sp³-hybridized carbons (Fsp3) is 0.800. The molecule has 0 radical (unpaired) electrons. The predicted molar refractivity (Wildman–Crippen MR) is 54.6 cm³/mol. The Hall–Kier alpha value is -0.380. The zero-order valence-corrected chi connectivity index (χ0v) is 8.17. The van der Waals surface area contributed by atoms with Gasteiger partial charge in [0.05, 0.1) is 6.61 Å². The fourth-order valence-corrected chi connectivity index (χ4v) is 1.76. The zero-order valence-electron chi connectivity index (χ0n) is 8.17. The number of nitrogens with one attached hydrogen (secondary N) is 1. The van der Waals surface area contributed by atoms with Crippen molar-refractivity contribution in [3.63, 3.8) is 0 Å². The van der Waals surface area contributed by atoms with Gasteiger partial charge in [-0.25, -0.2) is 0 Å². The third-order valence-corrected chi connectivity index (χ3v) is 2.54. The lowest BCUT2D eigenvalue weighted by Crippen LogP contribution is -2.45. The molecule has 2 atom stereocenters. The standard InChI is InChI=1S/C10H20N2O/c1-2-5-12-10(7-11)9-4-3-6-13-8-9/h2,9-10,12H,1,3-8,11H2. The topological polar surface area (TPSA) is 47.3 Å². The summed E-state index contributed by atoms with van der Waals surface area (Å²) in [6.45, 7) is 6.96. The van der Waals surface area contributed by atoms with Gasteiger partial charge in [0.1, 0.15) is 0 Å². The van der Waals surface area contributed by atoms with Gasteiger partial charge < -0.3 is 15.8 Å². The van der Waals surface area contributed by atoms with E-state index in [0.29, 0.717) is 18.5 Å². The number of hydrogen-bond donors (Lipinski definition) is 2. The molecular formula is C10H20N2O. The molecule has 0 bridgehead atoms. The minimum absolute atomic E-state index is 0.387. The molecular weight excluding hydrogens is 164 g/mol. The van der Waals surface area contributed by atoms with E-state index in [9.17, 15) is 0 Å². The Morgan fingerprint density at radius 2 is 2.54 bits per heavy atom. The highest BCUT2D eigenvalue weighted by Gasteiger charge is 2.21. The highest BCUT2D eigenvalue weighted by molar-refractivity contribution is 4.82. The van der Waals surface area contributed by atoms with Crippen LogP contribution in [0, 0.1) is 5.92 Å². The third-order valence-electron chi connectivity index (χ3n) is 2.54. The first-order valence-electron chi connectivity index (χ1n) is 5.00. The Labute approximate surface area is 80.3 Å². The molecule has 1 rings (SSSR count). The normalized spacial score (nSPS) is 25.5. The molecule has 0 aromatic rings. The lowest BCUT2D eigenvalue weighted by Gasteiger charge is -2.29. The van der Waals surface area contributed by atoms with E-state index in [1.54, 1.807) is 0 Å². The van der Waals surface area contributed by atoms with Crippen molar-refractivity contribution in [2.75, 3.05) is 26.3 Å². The van der Waals surface area contributed by atoms with E-state index in [4.69, 9.17) is 10.5 Å². The molecule has 3 nitrogen and oxygen atoms in total. The van der Waals surface area contributed by atoms with Gasteiger partial charge >= 0.3 is 0 Å². The highest BCUT2D eigenvalue weighted by atomic mass is 16.5. The van der Waals surface area contributed by atoms with Crippen LogP contribution in [0.3, 0.4) is 0 Å². The predicted octanol–water partition coefficient (Wildman–Crippen LogP) is 0.516. The fourth-order valence-electron chi connectivity index (χ4n) is 1.76. The molecule has 13 heavy (non-hydrogen) atoms. The van der Waals surface area contributed by atoms with Gasteiger partial charge in [0.15, 0.2) is 0 Å². The lowest BCUT2D eigenvalue weighted by atomic mass is 9.94. The first kappa shape index (κ1) is 10.7. The van der Waals surface area contributed by atoms with E-state index in [2.05, 4.69) is 11.9 Å². The molecule has 0 saturated carbocycles. The quantitative estimate of drug-likeness (QED) is 0.612. The Balaban J connectivity index is 2.29. The second-order valence-electron chi connectivity index (χ2n) is 3.52. The minimum Gasteiger partial charge on any atom is -0.381 e. The lowest BCUT2D eigenvalue weighted by molar-refractivity contribution is 0.0411. The molecule has 1 aliphatic rings. The summed E-state index contributed by atoms with van der Waals surface area (Å²) in [5, 5.41) is 3.37. The molecule has 76 valence electrons. The van der Waals surface area contributed by atoms with Gasteiger partial charge in [-0.3, -0.25) is 0 Å². The van der Waals surface area contributed by atoms with Crippen molar-refractivity contribution >= 4 is 0 Å². The molecule has 3 N–H and O–H groups in total. The van der Waals surface area contributed by atoms with Crippen LogP contribution < -0.4 is 11.1 Å². The minimum atomic E-state index is 0.387. The van der Waals surface area contributed by atoms with E-state index in [0.717, 1.165) is 26.2 Å². The Kier molecular flexibility index (Phi) is 5.05. The van der Waals surface area contributed by atoms with Gasteiger partial charge in [-0.15, -0.1) is 6.58 Å². The maximum absolute atomic E-state index is 5.69. The monoisotopic (exact) mass is 184 g/mol. The Bertz CT molecular complexity index is 144. The van der Waals surface area contributed by atoms with Crippen LogP contribution in [0.5, 0.6) is 0 Å². The molecule has 3 heteroatoms. The summed E-state index contributed by atoms with van der Waals surface area (Å²) in [4.78, 5) is 0. The molecule has 1 heterocycles. The van der Waals surface area contributed by atoms with Crippen LogP contribution in [0.2, 0.25) is 0 Å². The summed E-state index contributed by atoms with van der Waals surface area (Å²) in [6, 6.07) is 0.387. The Morgan fingerprint density at radius 1 is 1.69 bits per heavy atom. The van der Waals surface area contributed by atoms with Crippen LogP contribution in [0.25, 0.3) is 0 Å².